The first kappa shape index (κ1) is 15.5. The molecule has 0 saturated heterocycles. The molecule has 0 aliphatic heterocycles. The van der Waals surface area contributed by atoms with Crippen LogP contribution in [0.4, 0.5) is 4.39 Å². The van der Waals surface area contributed by atoms with E-state index < -0.39 is 30.5 Å². The summed E-state index contributed by atoms with van der Waals surface area (Å²) in [4.78, 5) is 13.7. The van der Waals surface area contributed by atoms with Crippen LogP contribution in [0.5, 0.6) is 0 Å². The van der Waals surface area contributed by atoms with Gasteiger partial charge in [0, 0.05) is 6.20 Å². The van der Waals surface area contributed by atoms with Crippen LogP contribution in [0, 0.1) is 17.0 Å². The Hall–Kier alpha value is -1.53. The van der Waals surface area contributed by atoms with Crippen LogP contribution in [0.2, 0.25) is 0 Å². The van der Waals surface area contributed by atoms with Gasteiger partial charge < -0.3 is 14.9 Å². The Morgan fingerprint density at radius 3 is 2.84 bits per heavy atom. The highest BCUT2D eigenvalue weighted by Gasteiger charge is 2.37. The molecular formula is C11H13FN2O4S. The lowest BCUT2D eigenvalue weighted by atomic mass is 10.0. The molecule has 0 saturated carbocycles. The quantitative estimate of drug-likeness (QED) is 0.528. The summed E-state index contributed by atoms with van der Waals surface area (Å²) in [6.45, 7) is -1.85. The van der Waals surface area contributed by atoms with Crippen molar-refractivity contribution in [2.45, 2.75) is 25.1 Å². The Kier molecular flexibility index (Phi) is 4.97. The lowest BCUT2D eigenvalue weighted by Crippen LogP contribution is -2.47. The summed E-state index contributed by atoms with van der Waals surface area (Å²) in [7, 11) is 0. The maximum Gasteiger partial charge on any atom is 0.330 e. The molecular weight excluding hydrogens is 275 g/mol. The van der Waals surface area contributed by atoms with Crippen molar-refractivity contribution in [3.63, 3.8) is 0 Å². The second-order valence-corrected chi connectivity index (χ2v) is 4.24. The average molecular weight is 288 g/mol. The first-order chi connectivity index (χ1) is 8.86. The summed E-state index contributed by atoms with van der Waals surface area (Å²) in [6, 6.07) is 1.28. The third-order valence-corrected chi connectivity index (χ3v) is 2.77. The molecule has 0 aliphatic carbocycles. The molecule has 3 atom stereocenters. The fourth-order valence-electron chi connectivity index (χ4n) is 1.29. The molecule has 0 bridgehead atoms. The number of nitrogens with one attached hydrogen (secondary N) is 1. The number of halogens is 1. The zero-order valence-electron chi connectivity index (χ0n) is 10.0. The Morgan fingerprint density at radius 1 is 1.79 bits per heavy atom. The van der Waals surface area contributed by atoms with Crippen LogP contribution in [-0.2, 0) is 4.74 Å². The van der Waals surface area contributed by atoms with Gasteiger partial charge in [-0.3, -0.25) is 4.98 Å². The highest BCUT2D eigenvalue weighted by molar-refractivity contribution is 7.71. The number of terminal acetylenes is 1. The number of aromatic nitrogens is 2. The van der Waals surface area contributed by atoms with Crippen molar-refractivity contribution in [3.8, 4) is 12.3 Å². The number of nitrogens with zero attached hydrogens (tertiary/aromatic N) is 1. The van der Waals surface area contributed by atoms with Gasteiger partial charge in [-0.25, -0.2) is 9.36 Å². The molecule has 1 aromatic heterocycles. The van der Waals surface area contributed by atoms with Gasteiger partial charge in [0.15, 0.2) is 5.60 Å². The van der Waals surface area contributed by atoms with E-state index in [2.05, 4.69) is 4.98 Å². The first-order valence-electron chi connectivity index (χ1n) is 5.26. The lowest BCUT2D eigenvalue weighted by molar-refractivity contribution is -0.208. The van der Waals surface area contributed by atoms with E-state index in [-0.39, 0.29) is 4.64 Å². The van der Waals surface area contributed by atoms with Crippen molar-refractivity contribution in [3.05, 3.63) is 27.4 Å². The van der Waals surface area contributed by atoms with Gasteiger partial charge in [0.2, 0.25) is 0 Å². The smallest absolute Gasteiger partial charge is 0.330 e. The van der Waals surface area contributed by atoms with Crippen molar-refractivity contribution in [1.29, 1.82) is 0 Å². The molecule has 104 valence electrons. The molecule has 1 rings (SSSR count). The van der Waals surface area contributed by atoms with E-state index in [1.54, 1.807) is 0 Å². The van der Waals surface area contributed by atoms with Crippen molar-refractivity contribution in [1.82, 2.24) is 9.55 Å². The van der Waals surface area contributed by atoms with E-state index in [9.17, 15) is 14.3 Å². The van der Waals surface area contributed by atoms with Crippen LogP contribution in [0.25, 0.3) is 0 Å². The number of aliphatic hydroxyl groups excluding tert-OH is 2. The number of aliphatic hydroxyl groups is 2. The molecule has 1 unspecified atom stereocenters. The lowest BCUT2D eigenvalue weighted by Gasteiger charge is -2.31. The summed E-state index contributed by atoms with van der Waals surface area (Å²) in [6.07, 6.45) is 4.88. The van der Waals surface area contributed by atoms with Crippen LogP contribution in [0.15, 0.2) is 17.1 Å². The number of H-pyrrole nitrogens is 1. The molecule has 8 heteroatoms. The van der Waals surface area contributed by atoms with Crippen LogP contribution in [0.3, 0.4) is 0 Å². The zero-order chi connectivity index (χ0) is 14.6. The maximum atomic E-state index is 13.9. The van der Waals surface area contributed by atoms with E-state index in [0.717, 1.165) is 6.20 Å². The third-order valence-electron chi connectivity index (χ3n) is 2.53. The van der Waals surface area contributed by atoms with Gasteiger partial charge in [-0.15, -0.1) is 6.42 Å². The van der Waals surface area contributed by atoms with E-state index in [4.69, 9.17) is 28.5 Å². The zero-order valence-corrected chi connectivity index (χ0v) is 10.9. The Bertz CT molecular complexity index is 591. The fraction of sp³-hybridized carbons (Fsp3) is 0.455. The molecule has 0 spiro atoms. The van der Waals surface area contributed by atoms with Crippen LogP contribution < -0.4 is 5.69 Å². The summed E-state index contributed by atoms with van der Waals surface area (Å²) in [5.74, 6) is 1.99. The second-order valence-electron chi connectivity index (χ2n) is 3.80. The minimum absolute atomic E-state index is 0.134. The molecule has 0 amide bonds. The minimum Gasteiger partial charge on any atom is -0.392 e. The Morgan fingerprint density at radius 2 is 2.42 bits per heavy atom. The largest absolute Gasteiger partial charge is 0.392 e. The number of hydrogen-bond donors (Lipinski definition) is 3. The van der Waals surface area contributed by atoms with Crippen molar-refractivity contribution < 1.29 is 19.3 Å². The molecule has 3 N–H and O–H groups in total. The van der Waals surface area contributed by atoms with Gasteiger partial charge >= 0.3 is 5.69 Å². The molecule has 0 fully saturated rings. The van der Waals surface area contributed by atoms with Gasteiger partial charge in [0.05, 0.1) is 12.7 Å². The standard InChI is InChI=1S/C11H13FN2O4S/c1-3-11(6-15,7(2)16)18-9(12)14-5-4-8(19)13-10(14)17/h1,4-5,7,9,15-16H,6H2,2H3,(H,13,17,19)/t7-,9-,11?/m1/s1. The van der Waals surface area contributed by atoms with Crippen molar-refractivity contribution in [2.24, 2.45) is 0 Å². The van der Waals surface area contributed by atoms with Gasteiger partial charge in [0.25, 0.3) is 6.48 Å². The van der Waals surface area contributed by atoms with E-state index in [0.29, 0.717) is 4.57 Å². The van der Waals surface area contributed by atoms with E-state index >= 15 is 0 Å². The normalized spacial score (nSPS) is 17.2. The number of alkyl halides is 1. The molecule has 6 nitrogen and oxygen atoms in total. The highest BCUT2D eigenvalue weighted by Crippen LogP contribution is 2.22. The SMILES string of the molecule is C#CC(CO)(O[C@H](F)n1ccc(=S)[nH]c1=O)[C@@H](C)O. The topological polar surface area (TPSA) is 87.5 Å². The van der Waals surface area contributed by atoms with Gasteiger partial charge in [-0.05, 0) is 13.0 Å². The molecule has 0 aliphatic rings. The van der Waals surface area contributed by atoms with Crippen molar-refractivity contribution in [2.75, 3.05) is 6.61 Å². The molecule has 1 heterocycles. The highest BCUT2D eigenvalue weighted by atomic mass is 32.1. The maximum absolute atomic E-state index is 13.9. The summed E-state index contributed by atoms with van der Waals surface area (Å²) in [5.41, 5.74) is -2.78. The van der Waals surface area contributed by atoms with Crippen LogP contribution >= 0.6 is 12.2 Å². The predicted octanol–water partition coefficient (Wildman–Crippen LogP) is 0.0932. The number of hydrogen-bond acceptors (Lipinski definition) is 5. The van der Waals surface area contributed by atoms with Gasteiger partial charge in [-0.2, -0.15) is 4.39 Å². The fourth-order valence-corrected chi connectivity index (χ4v) is 1.43. The monoisotopic (exact) mass is 288 g/mol. The summed E-state index contributed by atoms with van der Waals surface area (Å²) < 4.78 is 19.4. The van der Waals surface area contributed by atoms with E-state index in [1.807, 2.05) is 5.92 Å². The molecule has 0 aromatic carbocycles. The Labute approximate surface area is 113 Å². The minimum atomic E-state index is -2.28. The third kappa shape index (κ3) is 3.27. The molecule has 0 radical (unpaired) electrons. The number of ether oxygens (including phenoxy) is 1. The molecule has 1 aromatic rings. The Balaban J connectivity index is 3.08. The van der Waals surface area contributed by atoms with Gasteiger partial charge in [0.1, 0.15) is 4.64 Å². The number of rotatable bonds is 5. The first-order valence-corrected chi connectivity index (χ1v) is 5.67. The average Bonchev–Trinajstić information content (AvgIpc) is 2.35. The van der Waals surface area contributed by atoms with Crippen LogP contribution in [0.1, 0.15) is 13.4 Å². The van der Waals surface area contributed by atoms with Gasteiger partial charge in [-0.1, -0.05) is 18.1 Å². The van der Waals surface area contributed by atoms with Crippen LogP contribution in [-0.4, -0.2) is 38.1 Å². The summed E-state index contributed by atoms with van der Waals surface area (Å²) in [5, 5.41) is 18.6. The number of aromatic amines is 1. The summed E-state index contributed by atoms with van der Waals surface area (Å²) >= 11 is 4.70. The second kappa shape index (κ2) is 6.08. The van der Waals surface area contributed by atoms with E-state index in [1.165, 1.54) is 13.0 Å². The molecule has 19 heavy (non-hydrogen) atoms. The van der Waals surface area contributed by atoms with Crippen molar-refractivity contribution >= 4 is 12.2 Å². The predicted molar refractivity (Wildman–Crippen MR) is 67.4 cm³/mol.